The Kier molecular flexibility index (Phi) is 3.14. The molecule has 1 heterocycles. The van der Waals surface area contributed by atoms with Crippen molar-refractivity contribution in [3.8, 4) is 0 Å². The highest BCUT2D eigenvalue weighted by atomic mass is 79.9. The van der Waals surface area contributed by atoms with Crippen LogP contribution in [0.5, 0.6) is 0 Å². The van der Waals surface area contributed by atoms with Gasteiger partial charge in [-0.25, -0.2) is 0 Å². The molecule has 2 heteroatoms. The topological polar surface area (TPSA) is 12.9 Å². The van der Waals surface area contributed by atoms with Gasteiger partial charge in [-0.3, -0.25) is 4.98 Å². The van der Waals surface area contributed by atoms with Crippen LogP contribution < -0.4 is 0 Å². The van der Waals surface area contributed by atoms with Gasteiger partial charge in [-0.2, -0.15) is 0 Å². The van der Waals surface area contributed by atoms with Crippen molar-refractivity contribution in [1.82, 2.24) is 4.98 Å². The van der Waals surface area contributed by atoms with Crippen molar-refractivity contribution in [2.75, 3.05) is 0 Å². The number of hydrogen-bond donors (Lipinski definition) is 0. The first-order valence-corrected chi connectivity index (χ1v) is 7.80. The van der Waals surface area contributed by atoms with Crippen LogP contribution in [0.15, 0.2) is 12.1 Å². The van der Waals surface area contributed by atoms with E-state index >= 15 is 0 Å². The molecular formula is C16H18BrN. The van der Waals surface area contributed by atoms with E-state index in [2.05, 4.69) is 41.9 Å². The molecule has 1 aliphatic carbocycles. The Balaban J connectivity index is 2.40. The lowest BCUT2D eigenvalue weighted by atomic mass is 9.89. The highest BCUT2D eigenvalue weighted by molar-refractivity contribution is 9.08. The number of benzene rings is 1. The first-order valence-electron chi connectivity index (χ1n) is 6.68. The summed E-state index contributed by atoms with van der Waals surface area (Å²) in [5.41, 5.74) is 8.17. The lowest BCUT2D eigenvalue weighted by Crippen LogP contribution is -2.09. The van der Waals surface area contributed by atoms with Crippen molar-refractivity contribution in [3.63, 3.8) is 0 Å². The Morgan fingerprint density at radius 1 is 1.17 bits per heavy atom. The zero-order valence-electron chi connectivity index (χ0n) is 11.0. The van der Waals surface area contributed by atoms with Crippen LogP contribution in [0.2, 0.25) is 0 Å². The summed E-state index contributed by atoms with van der Waals surface area (Å²) in [5.74, 6) is 0. The van der Waals surface area contributed by atoms with Crippen LogP contribution in [-0.4, -0.2) is 4.98 Å². The van der Waals surface area contributed by atoms with Crippen molar-refractivity contribution in [2.45, 2.75) is 44.9 Å². The maximum Gasteiger partial charge on any atom is 0.0737 e. The summed E-state index contributed by atoms with van der Waals surface area (Å²) >= 11 is 3.68. The number of hydrogen-bond acceptors (Lipinski definition) is 1. The van der Waals surface area contributed by atoms with Crippen molar-refractivity contribution in [1.29, 1.82) is 0 Å². The molecule has 0 bridgehead atoms. The fourth-order valence-electron chi connectivity index (χ4n) is 3.13. The summed E-state index contributed by atoms with van der Waals surface area (Å²) < 4.78 is 0. The van der Waals surface area contributed by atoms with Gasteiger partial charge in [-0.15, -0.1) is 0 Å². The molecule has 1 aliphatic rings. The number of fused-ring (bicyclic) bond motifs is 2. The molecular weight excluding hydrogens is 286 g/mol. The van der Waals surface area contributed by atoms with Crippen molar-refractivity contribution in [2.24, 2.45) is 0 Å². The SMILES string of the molecule is Cc1cc(C)c2nc3c(c(CBr)c2c1)CCCC3. The molecule has 3 rings (SSSR count). The van der Waals surface area contributed by atoms with Gasteiger partial charge in [0.05, 0.1) is 5.52 Å². The average Bonchev–Trinajstić information content (AvgIpc) is 2.36. The Morgan fingerprint density at radius 3 is 2.72 bits per heavy atom. The number of aromatic nitrogens is 1. The van der Waals surface area contributed by atoms with Gasteiger partial charge in [0.1, 0.15) is 0 Å². The minimum Gasteiger partial charge on any atom is -0.252 e. The second-order valence-corrected chi connectivity index (χ2v) is 5.90. The Bertz CT molecular complexity index is 616. The van der Waals surface area contributed by atoms with E-state index in [0.717, 1.165) is 11.8 Å². The van der Waals surface area contributed by atoms with Crippen LogP contribution in [0.4, 0.5) is 0 Å². The van der Waals surface area contributed by atoms with E-state index in [1.807, 2.05) is 0 Å². The maximum absolute atomic E-state index is 4.94. The predicted octanol–water partition coefficient (Wildman–Crippen LogP) is 4.63. The van der Waals surface area contributed by atoms with Crippen LogP contribution >= 0.6 is 15.9 Å². The van der Waals surface area contributed by atoms with Crippen molar-refractivity contribution < 1.29 is 0 Å². The van der Waals surface area contributed by atoms with Gasteiger partial charge >= 0.3 is 0 Å². The third kappa shape index (κ3) is 1.87. The minimum atomic E-state index is 0.942. The lowest BCUT2D eigenvalue weighted by molar-refractivity contribution is 0.667. The number of pyridine rings is 1. The van der Waals surface area contributed by atoms with Crippen molar-refractivity contribution >= 4 is 26.8 Å². The van der Waals surface area contributed by atoms with E-state index in [1.165, 1.54) is 58.1 Å². The monoisotopic (exact) mass is 303 g/mol. The molecule has 0 amide bonds. The highest BCUT2D eigenvalue weighted by Crippen LogP contribution is 2.32. The Labute approximate surface area is 117 Å². The third-order valence-electron chi connectivity index (χ3n) is 3.95. The first-order chi connectivity index (χ1) is 8.70. The van der Waals surface area contributed by atoms with E-state index < -0.39 is 0 Å². The summed E-state index contributed by atoms with van der Waals surface area (Å²) in [7, 11) is 0. The van der Waals surface area contributed by atoms with Gasteiger partial charge in [0.25, 0.3) is 0 Å². The normalized spacial score (nSPS) is 14.8. The van der Waals surface area contributed by atoms with Crippen molar-refractivity contribution in [3.05, 3.63) is 40.1 Å². The highest BCUT2D eigenvalue weighted by Gasteiger charge is 2.18. The molecule has 0 fully saturated rings. The first kappa shape index (κ1) is 12.2. The van der Waals surface area contributed by atoms with Gasteiger partial charge in [0.2, 0.25) is 0 Å². The zero-order valence-corrected chi connectivity index (χ0v) is 12.6. The van der Waals surface area contributed by atoms with E-state index in [4.69, 9.17) is 4.98 Å². The fourth-order valence-corrected chi connectivity index (χ4v) is 3.77. The van der Waals surface area contributed by atoms with E-state index in [0.29, 0.717) is 0 Å². The number of nitrogens with zero attached hydrogens (tertiary/aromatic N) is 1. The second kappa shape index (κ2) is 4.65. The zero-order chi connectivity index (χ0) is 12.7. The molecule has 1 aromatic carbocycles. The smallest absolute Gasteiger partial charge is 0.0737 e. The standard InChI is InChI=1S/C16H18BrN/c1-10-7-11(2)16-13(8-10)14(9-17)12-5-3-4-6-15(12)18-16/h7-8H,3-6,9H2,1-2H3. The van der Waals surface area contributed by atoms with Gasteiger partial charge in [-0.05, 0) is 62.3 Å². The molecule has 2 aromatic rings. The van der Waals surface area contributed by atoms with E-state index in [1.54, 1.807) is 0 Å². The number of halogens is 1. The molecule has 1 aromatic heterocycles. The van der Waals surface area contributed by atoms with Gasteiger partial charge < -0.3 is 0 Å². The van der Waals surface area contributed by atoms with E-state index in [9.17, 15) is 0 Å². The summed E-state index contributed by atoms with van der Waals surface area (Å²) in [4.78, 5) is 4.94. The molecule has 0 aliphatic heterocycles. The summed E-state index contributed by atoms with van der Waals surface area (Å²) in [6.07, 6.45) is 4.95. The van der Waals surface area contributed by atoms with Crippen LogP contribution in [-0.2, 0) is 18.2 Å². The number of aryl methyl sites for hydroxylation is 3. The van der Waals surface area contributed by atoms with E-state index in [-0.39, 0.29) is 0 Å². The van der Waals surface area contributed by atoms with Crippen LogP contribution in [0.25, 0.3) is 10.9 Å². The van der Waals surface area contributed by atoms with Gasteiger partial charge in [0, 0.05) is 16.4 Å². The van der Waals surface area contributed by atoms with Gasteiger partial charge in [-0.1, -0.05) is 27.6 Å². The fraction of sp³-hybridized carbons (Fsp3) is 0.438. The largest absolute Gasteiger partial charge is 0.252 e. The Morgan fingerprint density at radius 2 is 1.94 bits per heavy atom. The molecule has 0 radical (unpaired) electrons. The molecule has 0 saturated carbocycles. The molecule has 0 saturated heterocycles. The third-order valence-corrected chi connectivity index (χ3v) is 4.51. The maximum atomic E-state index is 4.94. The van der Waals surface area contributed by atoms with Gasteiger partial charge in [0.15, 0.2) is 0 Å². The molecule has 0 atom stereocenters. The quantitative estimate of drug-likeness (QED) is 0.700. The number of alkyl halides is 1. The van der Waals surface area contributed by atoms with Crippen LogP contribution in [0.3, 0.4) is 0 Å². The Hall–Kier alpha value is -0.890. The summed E-state index contributed by atoms with van der Waals surface area (Å²) in [5, 5.41) is 2.29. The molecule has 94 valence electrons. The molecule has 18 heavy (non-hydrogen) atoms. The summed E-state index contributed by atoms with van der Waals surface area (Å²) in [6, 6.07) is 4.53. The second-order valence-electron chi connectivity index (χ2n) is 5.33. The summed E-state index contributed by atoms with van der Waals surface area (Å²) in [6.45, 7) is 4.35. The lowest BCUT2D eigenvalue weighted by Gasteiger charge is -2.20. The molecule has 0 N–H and O–H groups in total. The number of rotatable bonds is 1. The molecule has 0 unspecified atom stereocenters. The molecule has 0 spiro atoms. The van der Waals surface area contributed by atoms with Crippen LogP contribution in [0.1, 0.15) is 40.8 Å². The predicted molar refractivity (Wildman–Crippen MR) is 80.5 cm³/mol. The minimum absolute atomic E-state index is 0.942. The van der Waals surface area contributed by atoms with Crippen LogP contribution in [0, 0.1) is 13.8 Å². The average molecular weight is 304 g/mol. The molecule has 1 nitrogen and oxygen atoms in total.